The van der Waals surface area contributed by atoms with Crippen LogP contribution in [-0.2, 0) is 30.3 Å². The SMILES string of the molecule is COc1ccc([C@@H]2OC[C@@H]3O[C@H](OC)[C@H](OCc4ccccc4)[C@@H](O)[C@H]3O2)cc1. The van der Waals surface area contributed by atoms with Crippen LogP contribution in [0.5, 0.6) is 5.75 Å². The molecule has 6 atom stereocenters. The maximum atomic E-state index is 11.0. The summed E-state index contributed by atoms with van der Waals surface area (Å²) in [6.07, 6.45) is -3.96. The van der Waals surface area contributed by atoms with E-state index < -0.39 is 37.0 Å². The van der Waals surface area contributed by atoms with Crippen LogP contribution in [0.2, 0.25) is 0 Å². The van der Waals surface area contributed by atoms with Gasteiger partial charge in [0.15, 0.2) is 12.6 Å². The van der Waals surface area contributed by atoms with Crippen molar-refractivity contribution in [2.75, 3.05) is 20.8 Å². The molecule has 2 heterocycles. The van der Waals surface area contributed by atoms with Crippen LogP contribution in [-0.4, -0.2) is 56.6 Å². The summed E-state index contributed by atoms with van der Waals surface area (Å²) in [6, 6.07) is 17.2. The number of aliphatic hydroxyl groups excluding tert-OH is 1. The Balaban J connectivity index is 1.45. The van der Waals surface area contributed by atoms with Gasteiger partial charge in [0.1, 0.15) is 30.2 Å². The average Bonchev–Trinajstić information content (AvgIpc) is 2.79. The van der Waals surface area contributed by atoms with Crippen molar-refractivity contribution in [2.24, 2.45) is 0 Å². The second kappa shape index (κ2) is 9.21. The van der Waals surface area contributed by atoms with Crippen LogP contribution < -0.4 is 4.74 Å². The van der Waals surface area contributed by atoms with Gasteiger partial charge in [0.05, 0.1) is 20.3 Å². The Hall–Kier alpha value is -2.00. The van der Waals surface area contributed by atoms with E-state index in [1.807, 2.05) is 54.6 Å². The van der Waals surface area contributed by atoms with Crippen molar-refractivity contribution in [1.82, 2.24) is 0 Å². The largest absolute Gasteiger partial charge is 0.497 e. The maximum absolute atomic E-state index is 11.0. The summed E-state index contributed by atoms with van der Waals surface area (Å²) < 4.78 is 34.4. The minimum absolute atomic E-state index is 0.281. The summed E-state index contributed by atoms with van der Waals surface area (Å²) in [5.41, 5.74) is 1.84. The van der Waals surface area contributed by atoms with Gasteiger partial charge in [-0.15, -0.1) is 0 Å². The highest BCUT2D eigenvalue weighted by Gasteiger charge is 2.50. The Bertz CT molecular complexity index is 766. The molecule has 2 aliphatic rings. The lowest BCUT2D eigenvalue weighted by Gasteiger charge is -2.47. The van der Waals surface area contributed by atoms with Crippen molar-refractivity contribution in [3.05, 3.63) is 65.7 Å². The fraction of sp³-hybridized carbons (Fsp3) is 0.455. The van der Waals surface area contributed by atoms with Crippen molar-refractivity contribution in [2.45, 2.75) is 43.6 Å². The van der Waals surface area contributed by atoms with Crippen LogP contribution in [0, 0.1) is 0 Å². The molecule has 156 valence electrons. The van der Waals surface area contributed by atoms with Crippen LogP contribution in [0.3, 0.4) is 0 Å². The fourth-order valence-corrected chi connectivity index (χ4v) is 3.63. The third-order valence-electron chi connectivity index (χ3n) is 5.21. The van der Waals surface area contributed by atoms with Gasteiger partial charge in [-0.3, -0.25) is 0 Å². The van der Waals surface area contributed by atoms with E-state index in [0.717, 1.165) is 16.9 Å². The molecule has 0 bridgehead atoms. The van der Waals surface area contributed by atoms with E-state index >= 15 is 0 Å². The summed E-state index contributed by atoms with van der Waals surface area (Å²) in [6.45, 7) is 0.616. The van der Waals surface area contributed by atoms with E-state index in [1.165, 1.54) is 7.11 Å². The molecule has 2 fully saturated rings. The number of rotatable bonds is 6. The molecule has 2 saturated heterocycles. The molecular weight excluding hydrogens is 376 g/mol. The summed E-state index contributed by atoms with van der Waals surface area (Å²) in [4.78, 5) is 0. The Morgan fingerprint density at radius 3 is 2.45 bits per heavy atom. The summed E-state index contributed by atoms with van der Waals surface area (Å²) in [5, 5.41) is 11.0. The number of aliphatic hydroxyl groups is 1. The molecule has 0 spiro atoms. The molecule has 0 amide bonds. The van der Waals surface area contributed by atoms with Crippen molar-refractivity contribution in [3.63, 3.8) is 0 Å². The van der Waals surface area contributed by atoms with Gasteiger partial charge in [-0.1, -0.05) is 42.5 Å². The van der Waals surface area contributed by atoms with Gasteiger partial charge < -0.3 is 33.5 Å². The molecule has 2 aromatic rings. The number of fused-ring (bicyclic) bond motifs is 1. The molecular formula is C22H26O7. The molecule has 0 aliphatic carbocycles. The molecule has 0 aromatic heterocycles. The van der Waals surface area contributed by atoms with E-state index in [-0.39, 0.29) is 6.61 Å². The zero-order chi connectivity index (χ0) is 20.2. The molecule has 0 radical (unpaired) electrons. The fourth-order valence-electron chi connectivity index (χ4n) is 3.63. The van der Waals surface area contributed by atoms with Crippen LogP contribution in [0.1, 0.15) is 17.4 Å². The quantitative estimate of drug-likeness (QED) is 0.795. The van der Waals surface area contributed by atoms with Gasteiger partial charge in [-0.25, -0.2) is 0 Å². The maximum Gasteiger partial charge on any atom is 0.186 e. The smallest absolute Gasteiger partial charge is 0.186 e. The van der Waals surface area contributed by atoms with Crippen molar-refractivity contribution in [1.29, 1.82) is 0 Å². The zero-order valence-corrected chi connectivity index (χ0v) is 16.5. The third kappa shape index (κ3) is 4.45. The predicted octanol–water partition coefficient (Wildman–Crippen LogP) is 2.43. The Morgan fingerprint density at radius 2 is 1.76 bits per heavy atom. The molecule has 29 heavy (non-hydrogen) atoms. The van der Waals surface area contributed by atoms with Crippen LogP contribution in [0.25, 0.3) is 0 Å². The number of hydrogen-bond donors (Lipinski definition) is 1. The summed E-state index contributed by atoms with van der Waals surface area (Å²) in [5.74, 6) is 0.751. The first-order valence-electron chi connectivity index (χ1n) is 9.62. The van der Waals surface area contributed by atoms with Gasteiger partial charge in [0.25, 0.3) is 0 Å². The Morgan fingerprint density at radius 1 is 1.00 bits per heavy atom. The van der Waals surface area contributed by atoms with Gasteiger partial charge in [0, 0.05) is 12.7 Å². The first-order valence-corrected chi connectivity index (χ1v) is 9.62. The first kappa shape index (κ1) is 20.3. The highest BCUT2D eigenvalue weighted by Crippen LogP contribution is 2.35. The van der Waals surface area contributed by atoms with Gasteiger partial charge in [0.2, 0.25) is 0 Å². The highest BCUT2D eigenvalue weighted by atomic mass is 16.8. The van der Waals surface area contributed by atoms with Crippen LogP contribution >= 0.6 is 0 Å². The lowest BCUT2D eigenvalue weighted by Crippen LogP contribution is -2.62. The minimum atomic E-state index is -0.924. The topological polar surface area (TPSA) is 75.6 Å². The lowest BCUT2D eigenvalue weighted by atomic mass is 9.97. The van der Waals surface area contributed by atoms with Crippen LogP contribution in [0.4, 0.5) is 0 Å². The Labute approximate surface area is 170 Å². The molecule has 7 nitrogen and oxygen atoms in total. The lowest BCUT2D eigenvalue weighted by molar-refractivity contribution is -0.363. The Kier molecular flexibility index (Phi) is 6.44. The molecule has 2 aromatic carbocycles. The van der Waals surface area contributed by atoms with E-state index in [1.54, 1.807) is 7.11 Å². The zero-order valence-electron chi connectivity index (χ0n) is 16.5. The van der Waals surface area contributed by atoms with Crippen molar-refractivity contribution in [3.8, 4) is 5.75 Å². The van der Waals surface area contributed by atoms with E-state index in [9.17, 15) is 5.11 Å². The second-order valence-electron chi connectivity index (χ2n) is 7.07. The van der Waals surface area contributed by atoms with E-state index in [2.05, 4.69) is 0 Å². The number of benzene rings is 2. The second-order valence-corrected chi connectivity index (χ2v) is 7.07. The molecule has 1 N–H and O–H groups in total. The van der Waals surface area contributed by atoms with Gasteiger partial charge in [-0.2, -0.15) is 0 Å². The highest BCUT2D eigenvalue weighted by molar-refractivity contribution is 5.28. The minimum Gasteiger partial charge on any atom is -0.497 e. The monoisotopic (exact) mass is 402 g/mol. The normalized spacial score (nSPS) is 31.8. The van der Waals surface area contributed by atoms with E-state index in [4.69, 9.17) is 28.4 Å². The third-order valence-corrected chi connectivity index (χ3v) is 5.21. The number of hydrogen-bond acceptors (Lipinski definition) is 7. The first-order chi connectivity index (χ1) is 14.2. The van der Waals surface area contributed by atoms with Crippen molar-refractivity contribution < 1.29 is 33.5 Å². The standard InChI is InChI=1S/C22H26O7/c1-24-16-10-8-15(9-11-16)21-27-13-17-19(29-21)18(23)20(22(25-2)28-17)26-12-14-6-4-3-5-7-14/h3-11,17-23H,12-13H2,1-2H3/t17-,18-,19-,20+,21+,22-/m0/s1. The molecule has 2 aliphatic heterocycles. The van der Waals surface area contributed by atoms with Crippen molar-refractivity contribution >= 4 is 0 Å². The number of ether oxygens (including phenoxy) is 6. The van der Waals surface area contributed by atoms with Gasteiger partial charge in [-0.05, 0) is 17.7 Å². The molecule has 0 saturated carbocycles. The molecule has 4 rings (SSSR count). The molecule has 7 heteroatoms. The number of methoxy groups -OCH3 is 2. The average molecular weight is 402 g/mol. The van der Waals surface area contributed by atoms with Gasteiger partial charge >= 0.3 is 0 Å². The predicted molar refractivity (Wildman–Crippen MR) is 103 cm³/mol. The summed E-state index contributed by atoms with van der Waals surface area (Å²) >= 11 is 0. The summed E-state index contributed by atoms with van der Waals surface area (Å²) in [7, 11) is 3.14. The molecule has 0 unspecified atom stereocenters. The van der Waals surface area contributed by atoms with E-state index in [0.29, 0.717) is 6.61 Å². The van der Waals surface area contributed by atoms with Crippen LogP contribution in [0.15, 0.2) is 54.6 Å².